The molecule has 1 heterocycles. The Hall–Kier alpha value is 0.0249. The van der Waals surface area contributed by atoms with Gasteiger partial charge in [-0.3, -0.25) is 0 Å². The maximum atomic E-state index is 2.53. The topological polar surface area (TPSA) is 3.24 Å². The molecule has 1 aliphatic heterocycles. The fourth-order valence-electron chi connectivity index (χ4n) is 1.38. The van der Waals surface area contributed by atoms with E-state index in [1.807, 2.05) is 0 Å². The minimum atomic E-state index is 0.979. The summed E-state index contributed by atoms with van der Waals surface area (Å²) in [5.41, 5.74) is 0. The van der Waals surface area contributed by atoms with Crippen LogP contribution in [0.15, 0.2) is 0 Å². The van der Waals surface area contributed by atoms with Gasteiger partial charge in [0.25, 0.3) is 0 Å². The fraction of sp³-hybridized carbons (Fsp3) is 1.00. The van der Waals surface area contributed by atoms with Gasteiger partial charge in [0.2, 0.25) is 0 Å². The number of nitrogens with zero attached hydrogens (tertiary/aromatic N) is 1. The van der Waals surface area contributed by atoms with E-state index in [-0.39, 0.29) is 0 Å². The Kier molecular flexibility index (Phi) is 2.58. The number of hydrogen-bond acceptors (Lipinski definition) is 1. The van der Waals surface area contributed by atoms with E-state index in [9.17, 15) is 0 Å². The SMILES string of the molecule is BC1CCN(CC)CC1. The molecule has 0 aliphatic carbocycles. The monoisotopic (exact) mass is 125 g/mol. The molecule has 0 aromatic carbocycles. The molecule has 1 rings (SSSR count). The van der Waals surface area contributed by atoms with Gasteiger partial charge in [0, 0.05) is 0 Å². The van der Waals surface area contributed by atoms with E-state index < -0.39 is 0 Å². The molecule has 0 bridgehead atoms. The summed E-state index contributed by atoms with van der Waals surface area (Å²) in [7, 11) is 2.35. The molecule has 0 atom stereocenters. The van der Waals surface area contributed by atoms with Crippen LogP contribution in [0.2, 0.25) is 5.82 Å². The predicted molar refractivity (Wildman–Crippen MR) is 43.6 cm³/mol. The Morgan fingerprint density at radius 3 is 2.44 bits per heavy atom. The van der Waals surface area contributed by atoms with Gasteiger partial charge in [-0.05, 0) is 32.5 Å². The first-order chi connectivity index (χ1) is 4.33. The minimum absolute atomic E-state index is 0.979. The maximum absolute atomic E-state index is 2.53. The maximum Gasteiger partial charge on any atom is 0.105 e. The molecule has 2 heteroatoms. The van der Waals surface area contributed by atoms with Gasteiger partial charge in [0.15, 0.2) is 0 Å². The average molecular weight is 125 g/mol. The number of piperidine rings is 1. The van der Waals surface area contributed by atoms with Crippen molar-refractivity contribution >= 4 is 7.85 Å². The van der Waals surface area contributed by atoms with Crippen LogP contribution in [-0.2, 0) is 0 Å². The van der Waals surface area contributed by atoms with Gasteiger partial charge in [-0.2, -0.15) is 0 Å². The summed E-state index contributed by atoms with van der Waals surface area (Å²) in [4.78, 5) is 2.53. The van der Waals surface area contributed by atoms with E-state index in [1.54, 1.807) is 0 Å². The van der Waals surface area contributed by atoms with Gasteiger partial charge < -0.3 is 4.90 Å². The zero-order valence-electron chi connectivity index (χ0n) is 6.56. The van der Waals surface area contributed by atoms with Crippen LogP contribution in [-0.4, -0.2) is 32.4 Å². The molecule has 0 amide bonds. The molecular weight excluding hydrogens is 109 g/mol. The molecular formula is C7H16BN. The number of hydrogen-bond donors (Lipinski definition) is 0. The van der Waals surface area contributed by atoms with Gasteiger partial charge in [-0.1, -0.05) is 12.7 Å². The third-order valence-electron chi connectivity index (χ3n) is 2.32. The normalized spacial score (nSPS) is 24.6. The molecule has 0 aromatic heterocycles. The van der Waals surface area contributed by atoms with E-state index >= 15 is 0 Å². The second-order valence-electron chi connectivity index (χ2n) is 3.12. The van der Waals surface area contributed by atoms with E-state index in [2.05, 4.69) is 19.7 Å². The highest BCUT2D eigenvalue weighted by Crippen LogP contribution is 2.17. The summed E-state index contributed by atoms with van der Waals surface area (Å²) in [6, 6.07) is 0. The van der Waals surface area contributed by atoms with Crippen LogP contribution in [0.4, 0.5) is 0 Å². The van der Waals surface area contributed by atoms with Crippen molar-refractivity contribution in [2.75, 3.05) is 19.6 Å². The summed E-state index contributed by atoms with van der Waals surface area (Å²) in [6.45, 7) is 6.15. The van der Waals surface area contributed by atoms with Gasteiger partial charge in [0.05, 0.1) is 0 Å². The van der Waals surface area contributed by atoms with Crippen LogP contribution in [0.5, 0.6) is 0 Å². The number of rotatable bonds is 1. The van der Waals surface area contributed by atoms with Crippen molar-refractivity contribution in [3.63, 3.8) is 0 Å². The van der Waals surface area contributed by atoms with Crippen molar-refractivity contribution in [1.29, 1.82) is 0 Å². The largest absolute Gasteiger partial charge is 0.304 e. The molecule has 0 radical (unpaired) electrons. The first-order valence-corrected chi connectivity index (χ1v) is 4.05. The minimum Gasteiger partial charge on any atom is -0.304 e. The van der Waals surface area contributed by atoms with Gasteiger partial charge in [0.1, 0.15) is 7.85 Å². The standard InChI is InChI=1S/C7H16BN/c1-2-9-5-3-7(8)4-6-9/h7H,2-6,8H2,1H3. The fourth-order valence-corrected chi connectivity index (χ4v) is 1.38. The first kappa shape index (κ1) is 7.14. The Bertz CT molecular complexity index is 77.0. The van der Waals surface area contributed by atoms with Gasteiger partial charge in [-0.25, -0.2) is 0 Å². The van der Waals surface area contributed by atoms with Gasteiger partial charge >= 0.3 is 0 Å². The highest BCUT2D eigenvalue weighted by atomic mass is 15.1. The molecule has 1 aliphatic rings. The third-order valence-corrected chi connectivity index (χ3v) is 2.32. The van der Waals surface area contributed by atoms with Crippen LogP contribution in [0.1, 0.15) is 19.8 Å². The number of likely N-dealkylation sites (tertiary alicyclic amines) is 1. The van der Waals surface area contributed by atoms with Crippen molar-refractivity contribution in [2.45, 2.75) is 25.6 Å². The van der Waals surface area contributed by atoms with Gasteiger partial charge in [-0.15, -0.1) is 0 Å². The predicted octanol–water partition coefficient (Wildman–Crippen LogP) is 0.524. The second-order valence-corrected chi connectivity index (χ2v) is 3.12. The Morgan fingerprint density at radius 1 is 1.44 bits per heavy atom. The lowest BCUT2D eigenvalue weighted by Gasteiger charge is -2.28. The third kappa shape index (κ3) is 2.01. The summed E-state index contributed by atoms with van der Waals surface area (Å²) >= 11 is 0. The molecule has 0 saturated carbocycles. The lowest BCUT2D eigenvalue weighted by atomic mass is 9.79. The zero-order valence-corrected chi connectivity index (χ0v) is 6.56. The molecule has 1 fully saturated rings. The molecule has 9 heavy (non-hydrogen) atoms. The Labute approximate surface area is 58.8 Å². The van der Waals surface area contributed by atoms with E-state index in [0.717, 1.165) is 5.82 Å². The molecule has 0 aromatic rings. The molecule has 1 saturated heterocycles. The van der Waals surface area contributed by atoms with Crippen molar-refractivity contribution in [3.8, 4) is 0 Å². The van der Waals surface area contributed by atoms with Crippen molar-refractivity contribution in [1.82, 2.24) is 4.90 Å². The van der Waals surface area contributed by atoms with E-state index in [4.69, 9.17) is 0 Å². The first-order valence-electron chi connectivity index (χ1n) is 4.05. The lowest BCUT2D eigenvalue weighted by molar-refractivity contribution is 0.241. The molecule has 52 valence electrons. The Balaban J connectivity index is 2.18. The van der Waals surface area contributed by atoms with Crippen molar-refractivity contribution < 1.29 is 0 Å². The molecule has 0 spiro atoms. The summed E-state index contributed by atoms with van der Waals surface area (Å²) in [5, 5.41) is 0. The summed E-state index contributed by atoms with van der Waals surface area (Å²) in [5.74, 6) is 0.979. The molecule has 0 unspecified atom stereocenters. The average Bonchev–Trinajstić information content (AvgIpc) is 1.90. The molecule has 0 N–H and O–H groups in total. The zero-order chi connectivity index (χ0) is 6.69. The quantitative estimate of drug-likeness (QED) is 0.462. The van der Waals surface area contributed by atoms with Crippen LogP contribution < -0.4 is 0 Å². The van der Waals surface area contributed by atoms with E-state index in [1.165, 1.54) is 32.5 Å². The summed E-state index contributed by atoms with van der Waals surface area (Å²) < 4.78 is 0. The lowest BCUT2D eigenvalue weighted by Crippen LogP contribution is -2.31. The smallest absolute Gasteiger partial charge is 0.105 e. The summed E-state index contributed by atoms with van der Waals surface area (Å²) in [6.07, 6.45) is 2.82. The highest BCUT2D eigenvalue weighted by Gasteiger charge is 2.12. The van der Waals surface area contributed by atoms with Crippen LogP contribution >= 0.6 is 0 Å². The van der Waals surface area contributed by atoms with Crippen LogP contribution in [0.3, 0.4) is 0 Å². The van der Waals surface area contributed by atoms with Crippen molar-refractivity contribution in [2.24, 2.45) is 0 Å². The van der Waals surface area contributed by atoms with E-state index in [0.29, 0.717) is 0 Å². The van der Waals surface area contributed by atoms with Crippen molar-refractivity contribution in [3.05, 3.63) is 0 Å². The molecule has 1 nitrogen and oxygen atoms in total. The highest BCUT2D eigenvalue weighted by molar-refractivity contribution is 6.11. The van der Waals surface area contributed by atoms with Crippen LogP contribution in [0.25, 0.3) is 0 Å². The second kappa shape index (κ2) is 3.26. The Morgan fingerprint density at radius 2 is 2.00 bits per heavy atom. The van der Waals surface area contributed by atoms with Crippen LogP contribution in [0, 0.1) is 0 Å².